The Morgan fingerprint density at radius 2 is 1.60 bits per heavy atom. The fourth-order valence-corrected chi connectivity index (χ4v) is 2.31. The molecule has 0 aromatic heterocycles. The third-order valence-electron chi connectivity index (χ3n) is 2.93. The zero-order valence-electron chi connectivity index (χ0n) is 10.8. The lowest BCUT2D eigenvalue weighted by atomic mass is 10.1. The smallest absolute Gasteiger partial charge is 0.144 e. The van der Waals surface area contributed by atoms with E-state index in [1.54, 1.807) is 24.1 Å². The molecule has 0 spiro atoms. The zero-order chi connectivity index (χ0) is 14.7. The summed E-state index contributed by atoms with van der Waals surface area (Å²) in [4.78, 5) is 1.77. The highest BCUT2D eigenvalue weighted by Gasteiger charge is 2.14. The summed E-state index contributed by atoms with van der Waals surface area (Å²) in [6.07, 6.45) is 0. The second kappa shape index (κ2) is 6.41. The number of hydrogen-bond donors (Lipinski definition) is 0. The van der Waals surface area contributed by atoms with Gasteiger partial charge < -0.3 is 0 Å². The van der Waals surface area contributed by atoms with Crippen LogP contribution in [0.2, 0.25) is 0 Å². The molecule has 0 saturated carbocycles. The lowest BCUT2D eigenvalue weighted by molar-refractivity contribution is 0.306. The van der Waals surface area contributed by atoms with E-state index in [0.717, 1.165) is 5.56 Å². The second-order valence-electron chi connectivity index (χ2n) is 4.62. The third-order valence-corrected chi connectivity index (χ3v) is 3.55. The third kappa shape index (κ3) is 3.61. The minimum absolute atomic E-state index is 0.0176. The van der Waals surface area contributed by atoms with Crippen molar-refractivity contribution in [3.05, 3.63) is 69.4 Å². The molecule has 0 amide bonds. The first kappa shape index (κ1) is 15.1. The van der Waals surface area contributed by atoms with Crippen molar-refractivity contribution in [1.82, 2.24) is 4.90 Å². The van der Waals surface area contributed by atoms with Gasteiger partial charge in [0.25, 0.3) is 0 Å². The molecule has 0 saturated heterocycles. The van der Waals surface area contributed by atoms with Gasteiger partial charge >= 0.3 is 0 Å². The van der Waals surface area contributed by atoms with Crippen LogP contribution in [0.3, 0.4) is 0 Å². The van der Waals surface area contributed by atoms with Gasteiger partial charge in [0.05, 0.1) is 4.47 Å². The Labute approximate surface area is 124 Å². The maximum atomic E-state index is 13.9. The van der Waals surface area contributed by atoms with E-state index < -0.39 is 11.6 Å². The molecule has 0 bridgehead atoms. The van der Waals surface area contributed by atoms with Crippen LogP contribution in [-0.2, 0) is 13.1 Å². The van der Waals surface area contributed by atoms with Gasteiger partial charge in [0.2, 0.25) is 0 Å². The number of hydrogen-bond acceptors (Lipinski definition) is 1. The summed E-state index contributed by atoms with van der Waals surface area (Å²) >= 11 is 3.04. The molecule has 0 aliphatic heterocycles. The van der Waals surface area contributed by atoms with E-state index in [0.29, 0.717) is 6.54 Å². The number of benzene rings is 2. The van der Waals surface area contributed by atoms with Crippen molar-refractivity contribution in [3.63, 3.8) is 0 Å². The summed E-state index contributed by atoms with van der Waals surface area (Å²) in [5, 5.41) is 0. The van der Waals surface area contributed by atoms with Crippen LogP contribution < -0.4 is 0 Å². The van der Waals surface area contributed by atoms with Crippen molar-refractivity contribution >= 4 is 15.9 Å². The summed E-state index contributed by atoms with van der Waals surface area (Å²) in [6, 6.07) is 8.61. The highest BCUT2D eigenvalue weighted by Crippen LogP contribution is 2.23. The molecule has 2 aromatic rings. The number of halogens is 4. The molecule has 2 aromatic carbocycles. The van der Waals surface area contributed by atoms with Crippen LogP contribution in [0.1, 0.15) is 11.1 Å². The lowest BCUT2D eigenvalue weighted by Gasteiger charge is -2.18. The van der Waals surface area contributed by atoms with Crippen LogP contribution in [-0.4, -0.2) is 11.9 Å². The summed E-state index contributed by atoms with van der Waals surface area (Å²) in [6.45, 7) is 0.611. The van der Waals surface area contributed by atoms with E-state index >= 15 is 0 Å². The fourth-order valence-electron chi connectivity index (χ4n) is 1.94. The first-order valence-corrected chi connectivity index (χ1v) is 6.82. The minimum atomic E-state index is -0.587. The molecule has 0 aliphatic carbocycles. The molecule has 2 rings (SSSR count). The molecular weight excluding hydrogens is 331 g/mol. The van der Waals surface area contributed by atoms with E-state index in [4.69, 9.17) is 0 Å². The standard InChI is InChI=1S/C15H13BrF3N/c1-20(8-10-2-4-11(17)5-3-10)9-12-14(18)7-6-13(16)15(12)19/h2-7H,8-9H2,1H3. The van der Waals surface area contributed by atoms with Gasteiger partial charge in [-0.15, -0.1) is 0 Å². The molecule has 106 valence electrons. The Kier molecular flexibility index (Phi) is 4.83. The summed E-state index contributed by atoms with van der Waals surface area (Å²) in [5.41, 5.74) is 0.897. The van der Waals surface area contributed by atoms with Crippen LogP contribution in [0, 0.1) is 17.5 Å². The largest absolute Gasteiger partial charge is 0.298 e. The van der Waals surface area contributed by atoms with E-state index in [-0.39, 0.29) is 22.4 Å². The maximum absolute atomic E-state index is 13.9. The normalized spacial score (nSPS) is 11.1. The van der Waals surface area contributed by atoms with Crippen LogP contribution in [0.5, 0.6) is 0 Å². The van der Waals surface area contributed by atoms with Crippen molar-refractivity contribution in [2.45, 2.75) is 13.1 Å². The van der Waals surface area contributed by atoms with Crippen molar-refractivity contribution in [1.29, 1.82) is 0 Å². The predicted octanol–water partition coefficient (Wildman–Crippen LogP) is 4.50. The van der Waals surface area contributed by atoms with Gasteiger partial charge in [0.15, 0.2) is 0 Å². The first-order chi connectivity index (χ1) is 9.47. The van der Waals surface area contributed by atoms with E-state index in [1.165, 1.54) is 24.3 Å². The first-order valence-electron chi connectivity index (χ1n) is 6.02. The predicted molar refractivity (Wildman–Crippen MR) is 75.6 cm³/mol. The van der Waals surface area contributed by atoms with Crippen molar-refractivity contribution in [2.75, 3.05) is 7.05 Å². The van der Waals surface area contributed by atoms with Gasteiger partial charge in [-0.05, 0) is 52.8 Å². The van der Waals surface area contributed by atoms with Gasteiger partial charge in [0.1, 0.15) is 17.5 Å². The minimum Gasteiger partial charge on any atom is -0.298 e. The van der Waals surface area contributed by atoms with Crippen LogP contribution in [0.15, 0.2) is 40.9 Å². The van der Waals surface area contributed by atoms with Crippen molar-refractivity contribution in [2.24, 2.45) is 0 Å². The molecule has 0 aliphatic rings. The SMILES string of the molecule is CN(Cc1ccc(F)cc1)Cc1c(F)ccc(Br)c1F. The van der Waals surface area contributed by atoms with Gasteiger partial charge in [-0.25, -0.2) is 13.2 Å². The van der Waals surface area contributed by atoms with Crippen LogP contribution in [0.4, 0.5) is 13.2 Å². The molecule has 0 unspecified atom stereocenters. The van der Waals surface area contributed by atoms with Crippen molar-refractivity contribution < 1.29 is 13.2 Å². The Morgan fingerprint density at radius 3 is 2.25 bits per heavy atom. The Balaban J connectivity index is 2.10. The molecule has 0 fully saturated rings. The molecule has 20 heavy (non-hydrogen) atoms. The maximum Gasteiger partial charge on any atom is 0.144 e. The second-order valence-corrected chi connectivity index (χ2v) is 5.47. The van der Waals surface area contributed by atoms with Gasteiger partial charge in [-0.1, -0.05) is 12.1 Å². The highest BCUT2D eigenvalue weighted by molar-refractivity contribution is 9.10. The summed E-state index contributed by atoms with van der Waals surface area (Å²) in [7, 11) is 1.75. The average Bonchev–Trinajstić information content (AvgIpc) is 2.42. The zero-order valence-corrected chi connectivity index (χ0v) is 12.4. The van der Waals surface area contributed by atoms with Gasteiger partial charge in [-0.2, -0.15) is 0 Å². The lowest BCUT2D eigenvalue weighted by Crippen LogP contribution is -2.19. The molecule has 0 N–H and O–H groups in total. The highest BCUT2D eigenvalue weighted by atomic mass is 79.9. The van der Waals surface area contributed by atoms with Crippen LogP contribution >= 0.6 is 15.9 Å². The average molecular weight is 344 g/mol. The molecule has 5 heteroatoms. The Bertz CT molecular complexity index is 599. The Morgan fingerprint density at radius 1 is 0.950 bits per heavy atom. The molecule has 0 radical (unpaired) electrons. The Hall–Kier alpha value is -1.33. The molecule has 1 nitrogen and oxygen atoms in total. The van der Waals surface area contributed by atoms with E-state index in [1.807, 2.05) is 0 Å². The quantitative estimate of drug-likeness (QED) is 0.739. The fraction of sp³-hybridized carbons (Fsp3) is 0.200. The van der Waals surface area contributed by atoms with E-state index in [9.17, 15) is 13.2 Å². The van der Waals surface area contributed by atoms with E-state index in [2.05, 4.69) is 15.9 Å². The molecule has 0 atom stereocenters. The molecule has 0 heterocycles. The summed E-state index contributed by atoms with van der Waals surface area (Å²) in [5.74, 6) is -1.46. The van der Waals surface area contributed by atoms with Gasteiger partial charge in [-0.3, -0.25) is 4.90 Å². The topological polar surface area (TPSA) is 3.24 Å². The monoisotopic (exact) mass is 343 g/mol. The number of rotatable bonds is 4. The molecular formula is C15H13BrF3N. The van der Waals surface area contributed by atoms with Gasteiger partial charge in [0, 0.05) is 18.7 Å². The van der Waals surface area contributed by atoms with Crippen LogP contribution in [0.25, 0.3) is 0 Å². The number of nitrogens with zero attached hydrogens (tertiary/aromatic N) is 1. The summed E-state index contributed by atoms with van der Waals surface area (Å²) < 4.78 is 40.5. The van der Waals surface area contributed by atoms with Crippen molar-refractivity contribution in [3.8, 4) is 0 Å².